The van der Waals surface area contributed by atoms with E-state index in [0.29, 0.717) is 84.3 Å². The lowest BCUT2D eigenvalue weighted by molar-refractivity contribution is -0.384. The number of aryl methyl sites for hydroxylation is 1. The van der Waals surface area contributed by atoms with Crippen molar-refractivity contribution in [3.63, 3.8) is 0 Å². The number of carbonyl (C=O) groups is 1. The third kappa shape index (κ3) is 16.2. The fourth-order valence-corrected chi connectivity index (χ4v) is 12.3. The van der Waals surface area contributed by atoms with Crippen LogP contribution in [0.5, 0.6) is 11.5 Å². The van der Waals surface area contributed by atoms with Crippen LogP contribution in [-0.4, -0.2) is 131 Å². The number of carbonyl (C=O) groups excluding carboxylic acids is 1. The normalized spacial score (nSPS) is 15.7. The molecule has 0 saturated carbocycles. The Morgan fingerprint density at radius 2 is 1.59 bits per heavy atom. The first-order valence-electron chi connectivity index (χ1n) is 29.3. The topological polar surface area (TPSA) is 242 Å². The highest BCUT2D eigenvalue weighted by Crippen LogP contribution is 2.51. The smallest absolute Gasteiger partial charge is 0.271 e. The van der Waals surface area contributed by atoms with E-state index in [1.807, 2.05) is 112 Å². The van der Waals surface area contributed by atoms with Crippen LogP contribution in [-0.2, 0) is 35.3 Å². The maximum absolute atomic E-state index is 13.5. The van der Waals surface area contributed by atoms with Crippen molar-refractivity contribution in [1.82, 2.24) is 34.6 Å². The predicted octanol–water partition coefficient (Wildman–Crippen LogP) is 13.4. The monoisotopic (exact) mass is 1240 g/mol. The minimum atomic E-state index is -1.74. The number of anilines is 1. The zero-order valence-corrected chi connectivity index (χ0v) is 53.1. The number of nitriles is 1. The quantitative estimate of drug-likeness (QED) is 0.00643. The minimum Gasteiger partial charge on any atom is -0.497 e. The number of hydrogen-bond acceptors (Lipinski definition) is 18. The molecule has 22 nitrogen and oxygen atoms in total. The molecule has 2 aromatic heterocycles. The molecule has 7 aromatic rings. The first kappa shape index (κ1) is 66.0. The molecule has 0 spiro atoms. The Morgan fingerprint density at radius 1 is 0.932 bits per heavy atom. The molecule has 1 fully saturated rings. The molecule has 1 N–H and O–H groups in total. The summed E-state index contributed by atoms with van der Waals surface area (Å²) < 4.78 is 43.8. The molecule has 88 heavy (non-hydrogen) atoms. The molecule has 8 rings (SSSR count). The molecule has 24 heteroatoms. The Hall–Kier alpha value is -8.00. The summed E-state index contributed by atoms with van der Waals surface area (Å²) in [4.78, 5) is 42.6. The van der Waals surface area contributed by atoms with E-state index in [2.05, 4.69) is 76.0 Å². The Morgan fingerprint density at radius 3 is 2.18 bits per heavy atom. The third-order valence-corrected chi connectivity index (χ3v) is 17.4. The molecular formula is C64H77ClN13O9P. The van der Waals surface area contributed by atoms with Crippen LogP contribution in [0.1, 0.15) is 95.8 Å². The van der Waals surface area contributed by atoms with Gasteiger partial charge in [0.1, 0.15) is 41.1 Å². The highest BCUT2D eigenvalue weighted by Gasteiger charge is 2.46. The van der Waals surface area contributed by atoms with Gasteiger partial charge in [0.05, 0.1) is 72.7 Å². The SMILES string of the molecule is CCN(CCC(=O)NCCCc1nn(C2CC(OP(OCCC#N)N(C(C)C)C(C)C)C(COC(c3ccccc3)(c3ccc(OC)cc3)c3ccc(OC)cc3)O2)c2ncnc(/N=C(/C)N(C)C)c12)c1ccc(N=Nc2ccc([N+](=O)[O-])cc2Cl)cc1. The molecule has 4 atom stereocenters. The van der Waals surface area contributed by atoms with Crippen molar-refractivity contribution in [3.05, 3.63) is 165 Å². The first-order valence-corrected chi connectivity index (χ1v) is 30.8. The molecular weight excluding hydrogens is 1160 g/mol. The number of azo groups is 1. The van der Waals surface area contributed by atoms with Gasteiger partial charge in [0.25, 0.3) is 14.2 Å². The standard InChI is InChI=1S/C64H77ClN13O9P/c1-11-75(50-26-24-49(25-27-50)71-72-55-33-28-51(78(80)81)39-54(55)65)37-34-59(79)67-36-15-19-56-61-62(70-45(6)74(7)8)68-42-69-63(61)76(73-56)60-40-57(87-88(85-38-16-35-66)77(43(2)3)44(4)5)58(86-60)41-84-64(46-17-13-12-14-18-46,47-20-29-52(82-9)30-21-47)48-22-31-53(83-10)32-23-48/h12-14,17-18,20-33,39,42-44,57-58,60H,11,15-16,19,34,36-38,40-41H2,1-10H3,(H,67,79)/b70-45-,72-71?. The van der Waals surface area contributed by atoms with Gasteiger partial charge in [0, 0.05) is 76.5 Å². The van der Waals surface area contributed by atoms with E-state index in [-0.39, 0.29) is 54.8 Å². The van der Waals surface area contributed by atoms with Gasteiger partial charge in [-0.1, -0.05) is 66.2 Å². The number of aliphatic imine (C=N–C) groups is 1. The van der Waals surface area contributed by atoms with Gasteiger partial charge < -0.3 is 43.1 Å². The Labute approximate surface area is 520 Å². The zero-order chi connectivity index (χ0) is 62.9. The van der Waals surface area contributed by atoms with Crippen LogP contribution < -0.4 is 19.7 Å². The first-order chi connectivity index (χ1) is 42.5. The molecule has 1 amide bonds. The number of nitrogens with zero attached hydrogens (tertiary/aromatic N) is 12. The molecule has 1 saturated heterocycles. The summed E-state index contributed by atoms with van der Waals surface area (Å²) in [5, 5.41) is 38.4. The number of nitro benzene ring substituents is 1. The summed E-state index contributed by atoms with van der Waals surface area (Å²) in [6, 6.07) is 39.5. The van der Waals surface area contributed by atoms with Crippen molar-refractivity contribution in [3.8, 4) is 17.6 Å². The number of rotatable bonds is 30. The number of benzene rings is 5. The van der Waals surface area contributed by atoms with E-state index in [1.165, 1.54) is 24.5 Å². The number of aromatic nitrogens is 4. The molecule has 464 valence electrons. The second kappa shape index (κ2) is 31.3. The van der Waals surface area contributed by atoms with E-state index in [0.717, 1.165) is 28.2 Å². The summed E-state index contributed by atoms with van der Waals surface area (Å²) in [6.45, 7) is 14.1. The van der Waals surface area contributed by atoms with Crippen LogP contribution in [0, 0.1) is 21.4 Å². The lowest BCUT2D eigenvalue weighted by Crippen LogP contribution is -2.39. The average molecular weight is 1240 g/mol. The second-order valence-electron chi connectivity index (χ2n) is 21.6. The van der Waals surface area contributed by atoms with Gasteiger partial charge in [0.2, 0.25) is 5.91 Å². The Bertz CT molecular complexity index is 3480. The van der Waals surface area contributed by atoms with Crippen LogP contribution in [0.15, 0.2) is 143 Å². The number of fused-ring (bicyclic) bond motifs is 1. The number of nitrogens with one attached hydrogen (secondary N) is 1. The summed E-state index contributed by atoms with van der Waals surface area (Å²) in [5.74, 6) is 2.46. The predicted molar refractivity (Wildman–Crippen MR) is 341 cm³/mol. The molecule has 0 radical (unpaired) electrons. The van der Waals surface area contributed by atoms with Crippen LogP contribution in [0.2, 0.25) is 5.02 Å². The largest absolute Gasteiger partial charge is 0.497 e. The molecule has 1 aliphatic rings. The number of halogens is 1. The summed E-state index contributed by atoms with van der Waals surface area (Å²) in [7, 11) is 5.37. The Balaban J connectivity index is 1.06. The fraction of sp³-hybridized carbons (Fsp3) is 0.406. The summed E-state index contributed by atoms with van der Waals surface area (Å²) >= 11 is 6.21. The fourth-order valence-electron chi connectivity index (χ4n) is 10.4. The maximum Gasteiger partial charge on any atom is 0.271 e. The van der Waals surface area contributed by atoms with Gasteiger partial charge in [-0.3, -0.25) is 14.9 Å². The second-order valence-corrected chi connectivity index (χ2v) is 23.4. The van der Waals surface area contributed by atoms with Gasteiger partial charge in [-0.05, 0) is 126 Å². The number of nitro groups is 1. The number of hydrogen-bond donors (Lipinski definition) is 1. The van der Waals surface area contributed by atoms with E-state index in [9.17, 15) is 20.2 Å². The number of non-ortho nitro benzene ring substituents is 1. The van der Waals surface area contributed by atoms with Crippen molar-refractivity contribution in [2.24, 2.45) is 15.2 Å². The maximum atomic E-state index is 13.5. The number of amidine groups is 1. The van der Waals surface area contributed by atoms with Crippen molar-refractivity contribution in [1.29, 1.82) is 5.26 Å². The summed E-state index contributed by atoms with van der Waals surface area (Å²) in [6.07, 6.45) is 1.16. The van der Waals surface area contributed by atoms with Gasteiger partial charge in [0.15, 0.2) is 17.7 Å². The van der Waals surface area contributed by atoms with E-state index in [1.54, 1.807) is 31.0 Å². The van der Waals surface area contributed by atoms with Crippen LogP contribution >= 0.6 is 20.1 Å². The number of amides is 1. The zero-order valence-electron chi connectivity index (χ0n) is 51.4. The van der Waals surface area contributed by atoms with E-state index >= 15 is 0 Å². The Kier molecular flexibility index (Phi) is 23.4. The van der Waals surface area contributed by atoms with Crippen molar-refractivity contribution >= 4 is 71.5 Å². The molecule has 0 bridgehead atoms. The van der Waals surface area contributed by atoms with E-state index < -0.39 is 37.5 Å². The third-order valence-electron chi connectivity index (χ3n) is 15.0. The average Bonchev–Trinajstić information content (AvgIpc) is 1.42. The van der Waals surface area contributed by atoms with Crippen LogP contribution in [0.3, 0.4) is 0 Å². The van der Waals surface area contributed by atoms with E-state index in [4.69, 9.17) is 54.7 Å². The molecule has 5 aromatic carbocycles. The highest BCUT2D eigenvalue weighted by molar-refractivity contribution is 7.44. The minimum absolute atomic E-state index is 0.0296. The number of methoxy groups -OCH3 is 2. The van der Waals surface area contributed by atoms with Gasteiger partial charge in [-0.25, -0.2) is 24.3 Å². The van der Waals surface area contributed by atoms with Gasteiger partial charge in [-0.15, -0.1) is 5.11 Å². The molecule has 3 heterocycles. The molecule has 4 unspecified atom stereocenters. The molecule has 0 aliphatic carbocycles. The molecule has 1 aliphatic heterocycles. The van der Waals surface area contributed by atoms with Crippen molar-refractivity contribution in [2.75, 3.05) is 66.1 Å². The van der Waals surface area contributed by atoms with Crippen LogP contribution in [0.4, 0.5) is 28.6 Å². The lowest BCUT2D eigenvalue weighted by atomic mass is 9.80. The van der Waals surface area contributed by atoms with Crippen molar-refractivity contribution in [2.45, 2.75) is 110 Å². The van der Waals surface area contributed by atoms with Gasteiger partial charge in [-0.2, -0.15) is 15.5 Å². The summed E-state index contributed by atoms with van der Waals surface area (Å²) in [5.41, 5.74) is 4.24. The van der Waals surface area contributed by atoms with Crippen molar-refractivity contribution < 1.29 is 37.7 Å². The lowest BCUT2D eigenvalue weighted by Gasteiger charge is -2.39. The van der Waals surface area contributed by atoms with Gasteiger partial charge >= 0.3 is 0 Å². The number of ether oxygens (including phenoxy) is 4. The highest BCUT2D eigenvalue weighted by atomic mass is 35.5. The van der Waals surface area contributed by atoms with Crippen LogP contribution in [0.25, 0.3) is 11.0 Å².